The van der Waals surface area contributed by atoms with Gasteiger partial charge in [-0.05, 0) is 17.7 Å². The molecule has 3 heterocycles. The molecule has 0 bridgehead atoms. The number of hydrogen-bond acceptors (Lipinski definition) is 5. The topological polar surface area (TPSA) is 99.6 Å². The Hall–Kier alpha value is -3.27. The predicted octanol–water partition coefficient (Wildman–Crippen LogP) is 1.78. The number of benzene rings is 1. The van der Waals surface area contributed by atoms with E-state index in [2.05, 4.69) is 36.4 Å². The molecule has 4 aromatic rings. The van der Waals surface area contributed by atoms with Gasteiger partial charge in [0.25, 0.3) is 5.56 Å². The van der Waals surface area contributed by atoms with Crippen molar-refractivity contribution in [2.75, 3.05) is 5.32 Å². The molecule has 9 nitrogen and oxygen atoms in total. The van der Waals surface area contributed by atoms with Crippen molar-refractivity contribution in [1.82, 2.24) is 29.1 Å². The lowest BCUT2D eigenvalue weighted by Gasteiger charge is -2.10. The van der Waals surface area contributed by atoms with Crippen LogP contribution in [0.4, 0.5) is 5.82 Å². The number of hydrogen-bond donors (Lipinski definition) is 1. The highest BCUT2D eigenvalue weighted by Gasteiger charge is 2.12. The van der Waals surface area contributed by atoms with E-state index in [1.165, 1.54) is 21.8 Å². The fourth-order valence-electron chi connectivity index (χ4n) is 2.84. The third-order valence-electron chi connectivity index (χ3n) is 4.26. The summed E-state index contributed by atoms with van der Waals surface area (Å²) in [7, 11) is 1.71. The van der Waals surface area contributed by atoms with Crippen LogP contribution in [0.1, 0.15) is 5.56 Å². The Labute approximate surface area is 167 Å². The SMILES string of the molecule is Cn1ncc2c(=O)n(CC(=O)Nc3ccnn3Cc3ccc(Br)cc3)cnc21. The van der Waals surface area contributed by atoms with E-state index in [0.717, 1.165) is 10.0 Å². The smallest absolute Gasteiger partial charge is 0.264 e. The minimum atomic E-state index is -0.343. The molecule has 0 unspecified atom stereocenters. The highest BCUT2D eigenvalue weighted by molar-refractivity contribution is 9.10. The zero-order valence-corrected chi connectivity index (χ0v) is 16.5. The van der Waals surface area contributed by atoms with Gasteiger partial charge in [-0.15, -0.1) is 0 Å². The largest absolute Gasteiger partial charge is 0.309 e. The van der Waals surface area contributed by atoms with Crippen molar-refractivity contribution in [3.63, 3.8) is 0 Å². The summed E-state index contributed by atoms with van der Waals surface area (Å²) in [4.78, 5) is 29.1. The number of aryl methyl sites for hydroxylation is 1. The zero-order chi connectivity index (χ0) is 19.7. The van der Waals surface area contributed by atoms with E-state index in [9.17, 15) is 9.59 Å². The molecule has 1 N–H and O–H groups in total. The second-order valence-electron chi connectivity index (χ2n) is 6.23. The van der Waals surface area contributed by atoms with Crippen LogP contribution in [0.3, 0.4) is 0 Å². The van der Waals surface area contributed by atoms with E-state index in [-0.39, 0.29) is 18.0 Å². The Balaban J connectivity index is 1.49. The molecule has 0 spiro atoms. The highest BCUT2D eigenvalue weighted by Crippen LogP contribution is 2.14. The van der Waals surface area contributed by atoms with Crippen LogP contribution < -0.4 is 10.9 Å². The lowest BCUT2D eigenvalue weighted by molar-refractivity contribution is -0.116. The summed E-state index contributed by atoms with van der Waals surface area (Å²) in [6.45, 7) is 0.360. The van der Waals surface area contributed by atoms with Gasteiger partial charge in [0.2, 0.25) is 5.91 Å². The fraction of sp³-hybridized carbons (Fsp3) is 0.167. The van der Waals surface area contributed by atoms with E-state index in [0.29, 0.717) is 23.4 Å². The first kappa shape index (κ1) is 18.1. The van der Waals surface area contributed by atoms with E-state index in [1.807, 2.05) is 24.3 Å². The van der Waals surface area contributed by atoms with Gasteiger partial charge >= 0.3 is 0 Å². The maximum atomic E-state index is 12.5. The Bertz CT molecular complexity index is 1210. The predicted molar refractivity (Wildman–Crippen MR) is 107 cm³/mol. The Morgan fingerprint density at radius 1 is 1.18 bits per heavy atom. The quantitative estimate of drug-likeness (QED) is 0.508. The second-order valence-corrected chi connectivity index (χ2v) is 7.15. The van der Waals surface area contributed by atoms with Crippen molar-refractivity contribution in [3.05, 3.63) is 69.4 Å². The molecule has 0 aliphatic rings. The Kier molecular flexibility index (Phi) is 4.78. The van der Waals surface area contributed by atoms with Crippen LogP contribution in [-0.4, -0.2) is 35.0 Å². The average molecular weight is 442 g/mol. The number of nitrogens with zero attached hydrogens (tertiary/aromatic N) is 6. The van der Waals surface area contributed by atoms with Gasteiger partial charge in [-0.25, -0.2) is 9.67 Å². The van der Waals surface area contributed by atoms with Crippen molar-refractivity contribution >= 4 is 38.7 Å². The first-order valence-corrected chi connectivity index (χ1v) is 9.24. The molecule has 0 radical (unpaired) electrons. The maximum Gasteiger partial charge on any atom is 0.264 e. The number of halogens is 1. The average Bonchev–Trinajstić information content (AvgIpc) is 3.26. The lowest BCUT2D eigenvalue weighted by Crippen LogP contribution is -2.28. The van der Waals surface area contributed by atoms with Crippen molar-refractivity contribution in [1.29, 1.82) is 0 Å². The molecular weight excluding hydrogens is 426 g/mol. The molecule has 3 aromatic heterocycles. The molecule has 1 amide bonds. The van der Waals surface area contributed by atoms with Crippen LogP contribution in [0.2, 0.25) is 0 Å². The number of aromatic nitrogens is 6. The normalized spacial score (nSPS) is 11.1. The summed E-state index contributed by atoms with van der Waals surface area (Å²) in [6.07, 6.45) is 4.42. The summed E-state index contributed by atoms with van der Waals surface area (Å²) in [5.74, 6) is 0.209. The van der Waals surface area contributed by atoms with Gasteiger partial charge in [0.1, 0.15) is 24.1 Å². The maximum absolute atomic E-state index is 12.5. The number of amides is 1. The Morgan fingerprint density at radius 3 is 2.75 bits per heavy atom. The molecule has 142 valence electrons. The molecule has 0 saturated heterocycles. The van der Waals surface area contributed by atoms with Gasteiger partial charge in [-0.2, -0.15) is 10.2 Å². The number of fused-ring (bicyclic) bond motifs is 1. The molecule has 0 aliphatic heterocycles. The van der Waals surface area contributed by atoms with Crippen molar-refractivity contribution < 1.29 is 4.79 Å². The van der Waals surface area contributed by atoms with Gasteiger partial charge in [-0.3, -0.25) is 18.8 Å². The molecule has 28 heavy (non-hydrogen) atoms. The van der Waals surface area contributed by atoms with Crippen LogP contribution in [0.5, 0.6) is 0 Å². The van der Waals surface area contributed by atoms with Crippen LogP contribution in [0, 0.1) is 0 Å². The van der Waals surface area contributed by atoms with Crippen LogP contribution in [0.25, 0.3) is 11.0 Å². The Morgan fingerprint density at radius 2 is 1.96 bits per heavy atom. The van der Waals surface area contributed by atoms with Crippen LogP contribution in [0.15, 0.2) is 58.3 Å². The van der Waals surface area contributed by atoms with Crippen molar-refractivity contribution in [2.45, 2.75) is 13.1 Å². The molecule has 0 saturated carbocycles. The van der Waals surface area contributed by atoms with Gasteiger partial charge in [-0.1, -0.05) is 28.1 Å². The van der Waals surface area contributed by atoms with E-state index in [1.54, 1.807) is 24.0 Å². The minimum Gasteiger partial charge on any atom is -0.309 e. The van der Waals surface area contributed by atoms with E-state index in [4.69, 9.17) is 0 Å². The number of rotatable bonds is 5. The van der Waals surface area contributed by atoms with E-state index >= 15 is 0 Å². The van der Waals surface area contributed by atoms with Gasteiger partial charge < -0.3 is 5.32 Å². The first-order valence-electron chi connectivity index (χ1n) is 8.44. The third kappa shape index (κ3) is 3.58. The third-order valence-corrected chi connectivity index (χ3v) is 4.79. The fourth-order valence-corrected chi connectivity index (χ4v) is 3.11. The molecule has 0 atom stereocenters. The monoisotopic (exact) mass is 441 g/mol. The van der Waals surface area contributed by atoms with Gasteiger partial charge in [0.05, 0.1) is 18.9 Å². The van der Waals surface area contributed by atoms with Crippen LogP contribution in [-0.2, 0) is 24.9 Å². The highest BCUT2D eigenvalue weighted by atomic mass is 79.9. The minimum absolute atomic E-state index is 0.153. The van der Waals surface area contributed by atoms with E-state index < -0.39 is 0 Å². The van der Waals surface area contributed by atoms with Crippen LogP contribution >= 0.6 is 15.9 Å². The number of carbonyl (C=O) groups is 1. The molecule has 1 aromatic carbocycles. The summed E-state index contributed by atoms with van der Waals surface area (Å²) < 4.78 is 5.46. The lowest BCUT2D eigenvalue weighted by atomic mass is 10.2. The van der Waals surface area contributed by atoms with Crippen molar-refractivity contribution in [3.8, 4) is 0 Å². The zero-order valence-electron chi connectivity index (χ0n) is 14.9. The summed E-state index contributed by atoms with van der Waals surface area (Å²) in [5, 5.41) is 11.4. The van der Waals surface area contributed by atoms with Gasteiger partial charge in [0.15, 0.2) is 5.65 Å². The summed E-state index contributed by atoms with van der Waals surface area (Å²) in [6, 6.07) is 9.57. The molecule has 4 rings (SSSR count). The number of nitrogens with one attached hydrogen (secondary N) is 1. The standard InChI is InChI=1S/C18H16BrN7O2/c1-24-17-14(8-22-24)18(28)25(11-20-17)10-16(27)23-15-6-7-21-26(15)9-12-2-4-13(19)5-3-12/h2-8,11H,9-10H2,1H3,(H,23,27). The molecule has 0 aliphatic carbocycles. The molecule has 0 fully saturated rings. The molecular formula is C18H16BrN7O2. The summed E-state index contributed by atoms with van der Waals surface area (Å²) in [5.41, 5.74) is 1.22. The number of carbonyl (C=O) groups excluding carboxylic acids is 1. The van der Waals surface area contributed by atoms with Gasteiger partial charge in [0, 0.05) is 17.6 Å². The number of anilines is 1. The first-order chi connectivity index (χ1) is 13.5. The molecule has 10 heteroatoms. The van der Waals surface area contributed by atoms with Crippen molar-refractivity contribution in [2.24, 2.45) is 7.05 Å². The second kappa shape index (κ2) is 7.39. The summed E-state index contributed by atoms with van der Waals surface area (Å²) >= 11 is 3.41.